The van der Waals surface area contributed by atoms with E-state index in [2.05, 4.69) is 5.10 Å². The molecule has 2 rings (SSSR count). The number of nitrogen functional groups attached to an aromatic ring is 1. The molecule has 0 spiro atoms. The molecular weight excluding hydrogens is 246 g/mol. The zero-order valence-corrected chi connectivity index (χ0v) is 10.5. The maximum atomic E-state index is 10.8. The van der Waals surface area contributed by atoms with Crippen LogP contribution >= 0.6 is 0 Å². The van der Waals surface area contributed by atoms with Gasteiger partial charge in [-0.15, -0.1) is 0 Å². The van der Waals surface area contributed by atoms with Crippen molar-refractivity contribution < 1.29 is 14.6 Å². The van der Waals surface area contributed by atoms with Crippen LogP contribution in [0.4, 0.5) is 5.69 Å². The minimum absolute atomic E-state index is 0.150. The molecule has 0 saturated heterocycles. The highest BCUT2D eigenvalue weighted by atomic mass is 16.5. The lowest BCUT2D eigenvalue weighted by atomic mass is 10.2. The lowest BCUT2D eigenvalue weighted by molar-refractivity contribution is 0.0697. The van der Waals surface area contributed by atoms with Crippen LogP contribution in [0.15, 0.2) is 30.6 Å². The maximum Gasteiger partial charge on any atom is 0.335 e. The van der Waals surface area contributed by atoms with Crippen LogP contribution in [-0.4, -0.2) is 27.5 Å². The summed E-state index contributed by atoms with van der Waals surface area (Å²) >= 11 is 0. The van der Waals surface area contributed by atoms with Gasteiger partial charge in [-0.05, 0) is 23.8 Å². The number of carbonyl (C=O) groups is 1. The number of carboxylic acid groups (broad SMARTS) is 1. The van der Waals surface area contributed by atoms with E-state index in [1.165, 1.54) is 12.1 Å². The van der Waals surface area contributed by atoms with Gasteiger partial charge in [0.2, 0.25) is 0 Å². The molecule has 0 atom stereocenters. The Balaban J connectivity index is 1.94. The molecule has 6 heteroatoms. The van der Waals surface area contributed by atoms with Gasteiger partial charge < -0.3 is 15.6 Å². The lowest BCUT2D eigenvalue weighted by Gasteiger charge is -2.08. The second-order valence-corrected chi connectivity index (χ2v) is 4.18. The molecule has 0 aliphatic carbocycles. The van der Waals surface area contributed by atoms with E-state index < -0.39 is 5.97 Å². The molecule has 0 bridgehead atoms. The van der Waals surface area contributed by atoms with E-state index in [-0.39, 0.29) is 5.56 Å². The fourth-order valence-corrected chi connectivity index (χ4v) is 1.69. The molecule has 19 heavy (non-hydrogen) atoms. The molecule has 0 aliphatic rings. The third kappa shape index (κ3) is 3.25. The Morgan fingerprint density at radius 1 is 1.53 bits per heavy atom. The average Bonchev–Trinajstić information content (AvgIpc) is 2.77. The van der Waals surface area contributed by atoms with E-state index in [0.29, 0.717) is 24.5 Å². The molecule has 0 amide bonds. The number of carboxylic acids is 1. The van der Waals surface area contributed by atoms with Crippen molar-refractivity contribution in [1.29, 1.82) is 0 Å². The van der Waals surface area contributed by atoms with E-state index in [9.17, 15) is 4.79 Å². The Bertz CT molecular complexity index is 593. The van der Waals surface area contributed by atoms with Crippen molar-refractivity contribution in [3.8, 4) is 5.75 Å². The summed E-state index contributed by atoms with van der Waals surface area (Å²) in [5.74, 6) is -0.512. The number of anilines is 1. The number of hydrogen-bond donors (Lipinski definition) is 2. The van der Waals surface area contributed by atoms with Gasteiger partial charge in [-0.1, -0.05) is 0 Å². The summed E-state index contributed by atoms with van der Waals surface area (Å²) in [6.07, 6.45) is 4.41. The van der Waals surface area contributed by atoms with E-state index >= 15 is 0 Å². The normalized spacial score (nSPS) is 10.4. The minimum Gasteiger partial charge on any atom is -0.491 e. The quantitative estimate of drug-likeness (QED) is 0.792. The van der Waals surface area contributed by atoms with Gasteiger partial charge in [-0.25, -0.2) is 4.79 Å². The monoisotopic (exact) mass is 261 g/mol. The largest absolute Gasteiger partial charge is 0.491 e. The molecule has 2 aromatic rings. The maximum absolute atomic E-state index is 10.8. The zero-order valence-electron chi connectivity index (χ0n) is 10.5. The number of nitrogens with two attached hydrogens (primary N) is 1. The minimum atomic E-state index is -1.01. The molecule has 0 radical (unpaired) electrons. The number of benzene rings is 1. The molecular formula is C13H15N3O3. The van der Waals surface area contributed by atoms with Crippen LogP contribution in [0, 0.1) is 0 Å². The van der Waals surface area contributed by atoms with Gasteiger partial charge in [0.15, 0.2) is 0 Å². The Kier molecular flexibility index (Phi) is 3.70. The molecule has 0 unspecified atom stereocenters. The highest BCUT2D eigenvalue weighted by molar-refractivity contribution is 5.89. The number of aromatic nitrogens is 2. The molecule has 0 aliphatic heterocycles. The van der Waals surface area contributed by atoms with Crippen LogP contribution in [0.5, 0.6) is 5.75 Å². The fourth-order valence-electron chi connectivity index (χ4n) is 1.69. The average molecular weight is 261 g/mol. The van der Waals surface area contributed by atoms with E-state index in [1.807, 2.05) is 13.2 Å². The number of ether oxygens (including phenoxy) is 1. The molecule has 1 heterocycles. The van der Waals surface area contributed by atoms with Crippen molar-refractivity contribution >= 4 is 11.7 Å². The summed E-state index contributed by atoms with van der Waals surface area (Å²) in [5.41, 5.74) is 7.29. The molecule has 3 N–H and O–H groups in total. The van der Waals surface area contributed by atoms with Crippen molar-refractivity contribution in [1.82, 2.24) is 9.78 Å². The third-order valence-corrected chi connectivity index (χ3v) is 2.66. The predicted octanol–water partition coefficient (Wildman–Crippen LogP) is 1.32. The van der Waals surface area contributed by atoms with Crippen molar-refractivity contribution in [2.45, 2.75) is 6.42 Å². The van der Waals surface area contributed by atoms with Crippen LogP contribution in [0.25, 0.3) is 0 Å². The van der Waals surface area contributed by atoms with Crippen molar-refractivity contribution in [3.05, 3.63) is 41.7 Å². The van der Waals surface area contributed by atoms with Crippen LogP contribution in [0.2, 0.25) is 0 Å². The predicted molar refractivity (Wildman–Crippen MR) is 70.2 cm³/mol. The molecule has 0 saturated carbocycles. The second kappa shape index (κ2) is 5.43. The smallest absolute Gasteiger partial charge is 0.335 e. The molecule has 0 fully saturated rings. The number of rotatable bonds is 5. The summed E-state index contributed by atoms with van der Waals surface area (Å²) in [7, 11) is 1.85. The summed E-state index contributed by atoms with van der Waals surface area (Å²) < 4.78 is 7.26. The summed E-state index contributed by atoms with van der Waals surface area (Å²) in [6.45, 7) is 0.461. The van der Waals surface area contributed by atoms with Gasteiger partial charge in [0.25, 0.3) is 0 Å². The standard InChI is InChI=1S/C13H15N3O3/c1-16-8-9(7-15-16)4-5-19-12-3-2-10(13(17)18)6-11(12)14/h2-3,6-8H,4-5,14H2,1H3,(H,17,18). The number of aryl methyl sites for hydroxylation is 1. The molecule has 1 aromatic carbocycles. The van der Waals surface area contributed by atoms with Crippen LogP contribution < -0.4 is 10.5 Å². The summed E-state index contributed by atoms with van der Waals surface area (Å²) in [6, 6.07) is 4.43. The van der Waals surface area contributed by atoms with E-state index in [4.69, 9.17) is 15.6 Å². The molecule has 100 valence electrons. The lowest BCUT2D eigenvalue weighted by Crippen LogP contribution is -2.04. The van der Waals surface area contributed by atoms with Gasteiger partial charge in [-0.3, -0.25) is 4.68 Å². The van der Waals surface area contributed by atoms with Gasteiger partial charge in [-0.2, -0.15) is 5.10 Å². The number of nitrogens with zero attached hydrogens (tertiary/aromatic N) is 2. The van der Waals surface area contributed by atoms with Gasteiger partial charge in [0.1, 0.15) is 5.75 Å². The molecule has 6 nitrogen and oxygen atoms in total. The van der Waals surface area contributed by atoms with Crippen molar-refractivity contribution in [2.75, 3.05) is 12.3 Å². The Labute approximate surface area is 110 Å². The van der Waals surface area contributed by atoms with Crippen LogP contribution in [0.1, 0.15) is 15.9 Å². The fraction of sp³-hybridized carbons (Fsp3) is 0.231. The Morgan fingerprint density at radius 2 is 2.32 bits per heavy atom. The van der Waals surface area contributed by atoms with Crippen LogP contribution in [0.3, 0.4) is 0 Å². The Hall–Kier alpha value is -2.50. The molecule has 1 aromatic heterocycles. The first-order chi connectivity index (χ1) is 9.06. The van der Waals surface area contributed by atoms with Gasteiger partial charge in [0.05, 0.1) is 24.1 Å². The van der Waals surface area contributed by atoms with Crippen molar-refractivity contribution in [3.63, 3.8) is 0 Å². The zero-order chi connectivity index (χ0) is 13.8. The number of aromatic carboxylic acids is 1. The topological polar surface area (TPSA) is 90.4 Å². The van der Waals surface area contributed by atoms with Gasteiger partial charge in [0, 0.05) is 19.7 Å². The second-order valence-electron chi connectivity index (χ2n) is 4.18. The Morgan fingerprint density at radius 3 is 2.89 bits per heavy atom. The highest BCUT2D eigenvalue weighted by Gasteiger charge is 2.07. The van der Waals surface area contributed by atoms with Gasteiger partial charge >= 0.3 is 5.97 Å². The highest BCUT2D eigenvalue weighted by Crippen LogP contribution is 2.22. The summed E-state index contributed by atoms with van der Waals surface area (Å²) in [4.78, 5) is 10.8. The van der Waals surface area contributed by atoms with E-state index in [0.717, 1.165) is 5.56 Å². The third-order valence-electron chi connectivity index (χ3n) is 2.66. The van der Waals surface area contributed by atoms with E-state index in [1.54, 1.807) is 16.9 Å². The number of hydrogen-bond acceptors (Lipinski definition) is 4. The summed E-state index contributed by atoms with van der Waals surface area (Å²) in [5, 5.41) is 12.9. The first kappa shape index (κ1) is 12.9. The SMILES string of the molecule is Cn1cc(CCOc2ccc(C(=O)O)cc2N)cn1. The van der Waals surface area contributed by atoms with Crippen LogP contribution in [-0.2, 0) is 13.5 Å². The van der Waals surface area contributed by atoms with Crippen molar-refractivity contribution in [2.24, 2.45) is 7.05 Å². The first-order valence-electron chi connectivity index (χ1n) is 5.79. The first-order valence-corrected chi connectivity index (χ1v) is 5.79.